The molecule has 2 rings (SSSR count). The van der Waals surface area contributed by atoms with E-state index in [-0.39, 0.29) is 5.76 Å². The molecule has 21 heavy (non-hydrogen) atoms. The number of nitrogen functional groups attached to an aromatic ring is 1. The maximum atomic E-state index is 11.4. The first-order valence-electron chi connectivity index (χ1n) is 6.31. The summed E-state index contributed by atoms with van der Waals surface area (Å²) >= 11 is 0. The smallest absolute Gasteiger partial charge is 0.286 e. The third-order valence-electron chi connectivity index (χ3n) is 2.67. The minimum Gasteiger partial charge on any atom is -0.453 e. The second kappa shape index (κ2) is 6.47. The van der Waals surface area contributed by atoms with Crippen LogP contribution in [0.1, 0.15) is 0 Å². The normalized spacial score (nSPS) is 9.76. The summed E-state index contributed by atoms with van der Waals surface area (Å²) in [7, 11) is 1.51. The fourth-order valence-electron chi connectivity index (χ4n) is 1.60. The summed E-state index contributed by atoms with van der Waals surface area (Å²) in [6.07, 6.45) is 0. The molecule has 2 aromatic carbocycles. The minimum absolute atomic E-state index is 0.00847. The van der Waals surface area contributed by atoms with Crippen LogP contribution >= 0.6 is 0 Å². The number of likely N-dealkylation sites (N-methyl/N-ethyl adjacent to an activating group) is 1. The van der Waals surface area contributed by atoms with Crippen molar-refractivity contribution < 1.29 is 14.3 Å². The van der Waals surface area contributed by atoms with Crippen LogP contribution in [-0.4, -0.2) is 13.0 Å². The number of carbonyl (C=O) groups is 1. The number of para-hydroxylation sites is 2. The summed E-state index contributed by atoms with van der Waals surface area (Å²) in [4.78, 5) is 11.4. The van der Waals surface area contributed by atoms with Crippen molar-refractivity contribution in [2.45, 2.75) is 0 Å². The Balaban J connectivity index is 2.18. The zero-order valence-electron chi connectivity index (χ0n) is 11.6. The van der Waals surface area contributed by atoms with Gasteiger partial charge in [0.1, 0.15) is 5.75 Å². The number of hydrogen-bond acceptors (Lipinski definition) is 4. The predicted molar refractivity (Wildman–Crippen MR) is 81.2 cm³/mol. The minimum atomic E-state index is -0.391. The van der Waals surface area contributed by atoms with Crippen LogP contribution in [0.25, 0.3) is 0 Å². The molecule has 0 unspecified atom stereocenters. The van der Waals surface area contributed by atoms with Gasteiger partial charge in [-0.05, 0) is 36.4 Å². The number of nitrogens with one attached hydrogen (secondary N) is 1. The maximum absolute atomic E-state index is 11.4. The molecule has 0 spiro atoms. The zero-order chi connectivity index (χ0) is 15.2. The molecule has 0 saturated carbocycles. The summed E-state index contributed by atoms with van der Waals surface area (Å²) in [6, 6.07) is 14.0. The lowest BCUT2D eigenvalue weighted by Crippen LogP contribution is -2.22. The first kappa shape index (κ1) is 14.5. The second-order valence-corrected chi connectivity index (χ2v) is 4.22. The molecule has 0 aromatic heterocycles. The highest BCUT2D eigenvalue weighted by atomic mass is 16.5. The van der Waals surface area contributed by atoms with Crippen molar-refractivity contribution >= 4 is 11.6 Å². The van der Waals surface area contributed by atoms with Crippen LogP contribution in [0.15, 0.2) is 60.9 Å². The molecule has 0 aliphatic heterocycles. The van der Waals surface area contributed by atoms with Gasteiger partial charge < -0.3 is 20.5 Å². The Hall–Kier alpha value is -2.95. The Morgan fingerprint density at radius 1 is 1.10 bits per heavy atom. The summed E-state index contributed by atoms with van der Waals surface area (Å²) in [5.74, 6) is 1.10. The average molecular weight is 284 g/mol. The van der Waals surface area contributed by atoms with Crippen LogP contribution in [0.5, 0.6) is 17.2 Å². The molecule has 0 aliphatic carbocycles. The molecule has 2 aromatic rings. The van der Waals surface area contributed by atoms with Gasteiger partial charge >= 0.3 is 0 Å². The van der Waals surface area contributed by atoms with E-state index in [0.717, 1.165) is 0 Å². The van der Waals surface area contributed by atoms with Gasteiger partial charge in [0.25, 0.3) is 5.91 Å². The molecule has 0 bridgehead atoms. The number of carbonyl (C=O) groups excluding carboxylic acids is 1. The molecule has 0 atom stereocenters. The number of rotatable bonds is 5. The van der Waals surface area contributed by atoms with Gasteiger partial charge in [-0.1, -0.05) is 18.7 Å². The third kappa shape index (κ3) is 3.76. The van der Waals surface area contributed by atoms with E-state index in [1.165, 1.54) is 7.05 Å². The Kier molecular flexibility index (Phi) is 4.46. The van der Waals surface area contributed by atoms with E-state index in [1.54, 1.807) is 42.5 Å². The number of hydrogen-bond donors (Lipinski definition) is 2. The van der Waals surface area contributed by atoms with E-state index < -0.39 is 5.91 Å². The van der Waals surface area contributed by atoms with Crippen molar-refractivity contribution in [3.63, 3.8) is 0 Å². The molecule has 5 heteroatoms. The van der Waals surface area contributed by atoms with Crippen LogP contribution in [0, 0.1) is 0 Å². The fraction of sp³-hybridized carbons (Fsp3) is 0.0625. The SMILES string of the molecule is C=C(Oc1ccccc1Oc1ccc(N)cc1)C(=O)NC. The van der Waals surface area contributed by atoms with Gasteiger partial charge in [0.2, 0.25) is 0 Å². The highest BCUT2D eigenvalue weighted by molar-refractivity contribution is 5.91. The zero-order valence-corrected chi connectivity index (χ0v) is 11.6. The number of amides is 1. The molecular weight excluding hydrogens is 268 g/mol. The molecule has 0 heterocycles. The number of nitrogens with two attached hydrogens (primary N) is 1. The number of anilines is 1. The molecule has 1 amide bonds. The van der Waals surface area contributed by atoms with Gasteiger partial charge in [-0.25, -0.2) is 0 Å². The summed E-state index contributed by atoms with van der Waals surface area (Å²) in [5, 5.41) is 2.44. The highest BCUT2D eigenvalue weighted by Gasteiger charge is 2.11. The lowest BCUT2D eigenvalue weighted by Gasteiger charge is -2.12. The topological polar surface area (TPSA) is 73.6 Å². The van der Waals surface area contributed by atoms with Gasteiger partial charge in [0, 0.05) is 12.7 Å². The Bertz CT molecular complexity index is 651. The maximum Gasteiger partial charge on any atom is 0.286 e. The van der Waals surface area contributed by atoms with Crippen molar-refractivity contribution in [2.24, 2.45) is 0 Å². The standard InChI is InChI=1S/C16H16N2O3/c1-11(16(19)18-2)20-14-5-3-4-6-15(14)21-13-9-7-12(17)8-10-13/h3-10H,1,17H2,2H3,(H,18,19). The molecule has 0 aliphatic rings. The average Bonchev–Trinajstić information content (AvgIpc) is 2.50. The third-order valence-corrected chi connectivity index (χ3v) is 2.67. The van der Waals surface area contributed by atoms with E-state index in [0.29, 0.717) is 22.9 Å². The first-order chi connectivity index (χ1) is 10.1. The molecule has 0 saturated heterocycles. The molecule has 0 radical (unpaired) electrons. The first-order valence-corrected chi connectivity index (χ1v) is 6.31. The molecule has 3 N–H and O–H groups in total. The summed E-state index contributed by atoms with van der Waals surface area (Å²) < 4.78 is 11.2. The molecule has 108 valence electrons. The van der Waals surface area contributed by atoms with Crippen LogP contribution in [0.2, 0.25) is 0 Å². The molecule has 0 fully saturated rings. The largest absolute Gasteiger partial charge is 0.453 e. The lowest BCUT2D eigenvalue weighted by molar-refractivity contribution is -0.119. The van der Waals surface area contributed by atoms with E-state index in [9.17, 15) is 4.79 Å². The summed E-state index contributed by atoms with van der Waals surface area (Å²) in [6.45, 7) is 3.57. The van der Waals surface area contributed by atoms with E-state index in [4.69, 9.17) is 15.2 Å². The van der Waals surface area contributed by atoms with Crippen LogP contribution in [0.4, 0.5) is 5.69 Å². The quantitative estimate of drug-likeness (QED) is 0.503. The Morgan fingerprint density at radius 2 is 1.71 bits per heavy atom. The van der Waals surface area contributed by atoms with Gasteiger partial charge in [0.15, 0.2) is 17.3 Å². The van der Waals surface area contributed by atoms with Crippen molar-refractivity contribution in [1.82, 2.24) is 5.32 Å². The van der Waals surface area contributed by atoms with Crippen molar-refractivity contribution in [2.75, 3.05) is 12.8 Å². The van der Waals surface area contributed by atoms with E-state index >= 15 is 0 Å². The van der Waals surface area contributed by atoms with E-state index in [2.05, 4.69) is 11.9 Å². The number of ether oxygens (including phenoxy) is 2. The number of benzene rings is 2. The van der Waals surface area contributed by atoms with Gasteiger partial charge in [-0.15, -0.1) is 0 Å². The lowest BCUT2D eigenvalue weighted by atomic mass is 10.3. The molecular formula is C16H16N2O3. The van der Waals surface area contributed by atoms with E-state index in [1.807, 2.05) is 6.07 Å². The van der Waals surface area contributed by atoms with Crippen molar-refractivity contribution in [1.29, 1.82) is 0 Å². The second-order valence-electron chi connectivity index (χ2n) is 4.22. The molecule has 5 nitrogen and oxygen atoms in total. The Labute approximate surface area is 123 Å². The van der Waals surface area contributed by atoms with Gasteiger partial charge in [-0.3, -0.25) is 4.79 Å². The predicted octanol–water partition coefficient (Wildman–Crippen LogP) is 2.70. The van der Waals surface area contributed by atoms with Crippen LogP contribution < -0.4 is 20.5 Å². The summed E-state index contributed by atoms with van der Waals surface area (Å²) in [5.41, 5.74) is 6.28. The van der Waals surface area contributed by atoms with Crippen molar-refractivity contribution in [3.05, 3.63) is 60.9 Å². The van der Waals surface area contributed by atoms with Gasteiger partial charge in [0.05, 0.1) is 0 Å². The van der Waals surface area contributed by atoms with Gasteiger partial charge in [-0.2, -0.15) is 0 Å². The fourth-order valence-corrected chi connectivity index (χ4v) is 1.60. The van der Waals surface area contributed by atoms with Crippen LogP contribution in [-0.2, 0) is 4.79 Å². The van der Waals surface area contributed by atoms with Crippen molar-refractivity contribution in [3.8, 4) is 17.2 Å². The highest BCUT2D eigenvalue weighted by Crippen LogP contribution is 2.32. The van der Waals surface area contributed by atoms with Crippen LogP contribution in [0.3, 0.4) is 0 Å². The Morgan fingerprint density at radius 3 is 2.33 bits per heavy atom. The monoisotopic (exact) mass is 284 g/mol.